The molecule has 0 spiro atoms. The zero-order chi connectivity index (χ0) is 10.4. The van der Waals surface area contributed by atoms with E-state index in [1.807, 2.05) is 0 Å². The molecule has 0 saturated heterocycles. The van der Waals surface area contributed by atoms with E-state index in [9.17, 15) is 14.7 Å². The molecule has 0 fully saturated rings. The van der Waals surface area contributed by atoms with Crippen molar-refractivity contribution in [1.82, 2.24) is 5.32 Å². The maximum Gasteiger partial charge on any atom is 0.220 e. The van der Waals surface area contributed by atoms with Crippen LogP contribution < -0.4 is 10.4 Å². The van der Waals surface area contributed by atoms with E-state index in [4.69, 9.17) is 4.42 Å². The summed E-state index contributed by atoms with van der Waals surface area (Å²) < 4.78 is 4.97. The summed E-state index contributed by atoms with van der Waals surface area (Å²) in [5, 5.41) is 12.5. The molecule has 14 heavy (non-hydrogen) atoms. The molecule has 0 bridgehead atoms. The smallest absolute Gasteiger partial charge is 0.220 e. The Morgan fingerprint density at radius 1 is 1.43 bits per heavy atom. The average molecular weight is 196 g/mol. The Balaban J connectivity index is 2.18. The predicted molar refractivity (Wildman–Crippen MR) is 44.8 cm³/mol. The summed E-state index contributed by atoms with van der Waals surface area (Å²) in [6.45, 7) is 0.277. The van der Waals surface area contributed by atoms with Gasteiger partial charge in [0.2, 0.25) is 5.91 Å². The van der Waals surface area contributed by atoms with Crippen molar-refractivity contribution in [2.24, 2.45) is 0 Å². The minimum Gasteiger partial charge on any atom is -0.550 e. The van der Waals surface area contributed by atoms with Gasteiger partial charge in [-0.1, -0.05) is 0 Å². The lowest BCUT2D eigenvalue weighted by Gasteiger charge is -2.03. The molecule has 0 aliphatic rings. The van der Waals surface area contributed by atoms with Gasteiger partial charge < -0.3 is 19.6 Å². The molecular formula is C9H10NO4-. The van der Waals surface area contributed by atoms with E-state index in [-0.39, 0.29) is 25.3 Å². The van der Waals surface area contributed by atoms with Gasteiger partial charge in [0.15, 0.2) is 0 Å². The third-order valence-corrected chi connectivity index (χ3v) is 1.60. The molecule has 0 aliphatic carbocycles. The van der Waals surface area contributed by atoms with E-state index < -0.39 is 5.97 Å². The van der Waals surface area contributed by atoms with Crippen LogP contribution in [0.15, 0.2) is 22.8 Å². The van der Waals surface area contributed by atoms with Crippen molar-refractivity contribution in [3.8, 4) is 0 Å². The normalized spacial score (nSPS) is 9.71. The van der Waals surface area contributed by atoms with Crippen LogP contribution in [0, 0.1) is 0 Å². The number of nitrogens with one attached hydrogen (secondary N) is 1. The standard InChI is InChI=1S/C9H11NO4/c11-8(3-4-9(12)13)10-6-7-2-1-5-14-7/h1-2,5H,3-4,6H2,(H,10,11)(H,12,13)/p-1. The fraction of sp³-hybridized carbons (Fsp3) is 0.333. The van der Waals surface area contributed by atoms with Gasteiger partial charge >= 0.3 is 0 Å². The maximum atomic E-state index is 11.0. The van der Waals surface area contributed by atoms with Gasteiger partial charge in [-0.15, -0.1) is 0 Å². The average Bonchev–Trinajstić information content (AvgIpc) is 2.63. The highest BCUT2D eigenvalue weighted by Gasteiger charge is 2.02. The number of carboxylic acid groups (broad SMARTS) is 1. The van der Waals surface area contributed by atoms with Crippen molar-refractivity contribution in [3.05, 3.63) is 24.2 Å². The van der Waals surface area contributed by atoms with Crippen LogP contribution in [0.25, 0.3) is 0 Å². The molecule has 1 aromatic heterocycles. The van der Waals surface area contributed by atoms with Crippen molar-refractivity contribution < 1.29 is 19.1 Å². The first-order valence-corrected chi connectivity index (χ1v) is 4.17. The lowest BCUT2D eigenvalue weighted by Crippen LogP contribution is -2.27. The third-order valence-electron chi connectivity index (χ3n) is 1.60. The van der Waals surface area contributed by atoms with Crippen LogP contribution in [-0.2, 0) is 16.1 Å². The van der Waals surface area contributed by atoms with Crippen molar-refractivity contribution >= 4 is 11.9 Å². The Labute approximate surface area is 80.7 Å². The molecule has 0 aromatic carbocycles. The first-order chi connectivity index (χ1) is 6.68. The summed E-state index contributed by atoms with van der Waals surface area (Å²) in [6, 6.07) is 3.43. The SMILES string of the molecule is O=C([O-])CCC(=O)NCc1ccco1. The number of hydrogen-bond acceptors (Lipinski definition) is 4. The molecule has 1 N–H and O–H groups in total. The van der Waals surface area contributed by atoms with Gasteiger partial charge in [0.05, 0.1) is 12.8 Å². The molecule has 0 unspecified atom stereocenters. The molecule has 0 atom stereocenters. The van der Waals surface area contributed by atoms with E-state index in [1.54, 1.807) is 12.1 Å². The molecule has 0 aliphatic heterocycles. The Hall–Kier alpha value is -1.78. The van der Waals surface area contributed by atoms with Gasteiger partial charge in [-0.05, 0) is 18.6 Å². The largest absolute Gasteiger partial charge is 0.550 e. The Kier molecular flexibility index (Phi) is 3.72. The van der Waals surface area contributed by atoms with Crippen molar-refractivity contribution in [2.75, 3.05) is 0 Å². The van der Waals surface area contributed by atoms with E-state index in [1.165, 1.54) is 6.26 Å². The summed E-state index contributed by atoms with van der Waals surface area (Å²) in [5.74, 6) is -0.921. The molecule has 0 saturated carbocycles. The zero-order valence-corrected chi connectivity index (χ0v) is 7.49. The number of furan rings is 1. The van der Waals surface area contributed by atoms with Crippen LogP contribution in [0.1, 0.15) is 18.6 Å². The van der Waals surface area contributed by atoms with Gasteiger partial charge in [0.25, 0.3) is 0 Å². The lowest BCUT2D eigenvalue weighted by atomic mass is 10.3. The van der Waals surface area contributed by atoms with Crippen LogP contribution in [0.3, 0.4) is 0 Å². The topological polar surface area (TPSA) is 82.4 Å². The Morgan fingerprint density at radius 3 is 2.79 bits per heavy atom. The first kappa shape index (κ1) is 10.3. The van der Waals surface area contributed by atoms with Gasteiger partial charge in [-0.2, -0.15) is 0 Å². The van der Waals surface area contributed by atoms with Gasteiger partial charge in [-0.3, -0.25) is 4.79 Å². The van der Waals surface area contributed by atoms with Crippen LogP contribution in [0.2, 0.25) is 0 Å². The number of carboxylic acids is 1. The molecule has 5 heteroatoms. The second kappa shape index (κ2) is 5.06. The number of hydrogen-bond donors (Lipinski definition) is 1. The van der Waals surface area contributed by atoms with E-state index in [0.29, 0.717) is 5.76 Å². The third kappa shape index (κ3) is 3.75. The van der Waals surface area contributed by atoms with E-state index in [0.717, 1.165) is 0 Å². The second-order valence-corrected chi connectivity index (χ2v) is 2.73. The minimum atomic E-state index is -1.22. The summed E-state index contributed by atoms with van der Waals surface area (Å²) in [5.41, 5.74) is 0. The Morgan fingerprint density at radius 2 is 2.21 bits per heavy atom. The monoisotopic (exact) mass is 196 g/mol. The summed E-state index contributed by atoms with van der Waals surface area (Å²) in [6.07, 6.45) is 1.18. The molecule has 1 aromatic rings. The van der Waals surface area contributed by atoms with Crippen LogP contribution >= 0.6 is 0 Å². The number of carbonyl (C=O) groups excluding carboxylic acids is 2. The van der Waals surface area contributed by atoms with Gasteiger partial charge in [-0.25, -0.2) is 0 Å². The predicted octanol–water partition coefficient (Wildman–Crippen LogP) is -0.574. The highest BCUT2D eigenvalue weighted by atomic mass is 16.4. The van der Waals surface area contributed by atoms with Crippen LogP contribution in [0.5, 0.6) is 0 Å². The lowest BCUT2D eigenvalue weighted by molar-refractivity contribution is -0.305. The molecule has 1 rings (SSSR count). The Bertz CT molecular complexity index is 305. The van der Waals surface area contributed by atoms with Crippen molar-refractivity contribution in [1.29, 1.82) is 0 Å². The van der Waals surface area contributed by atoms with Gasteiger partial charge in [0, 0.05) is 12.4 Å². The zero-order valence-electron chi connectivity index (χ0n) is 7.49. The van der Waals surface area contributed by atoms with E-state index >= 15 is 0 Å². The fourth-order valence-corrected chi connectivity index (χ4v) is 0.903. The molecule has 76 valence electrons. The first-order valence-electron chi connectivity index (χ1n) is 4.17. The highest BCUT2D eigenvalue weighted by Crippen LogP contribution is 1.98. The van der Waals surface area contributed by atoms with Crippen LogP contribution in [0.4, 0.5) is 0 Å². The number of carbonyl (C=O) groups is 2. The number of aliphatic carboxylic acids is 1. The molecule has 5 nitrogen and oxygen atoms in total. The summed E-state index contributed by atoms with van der Waals surface area (Å²) in [7, 11) is 0. The highest BCUT2D eigenvalue weighted by molar-refractivity contribution is 5.79. The molecule has 0 radical (unpaired) electrons. The number of amides is 1. The molecular weight excluding hydrogens is 186 g/mol. The summed E-state index contributed by atoms with van der Waals surface area (Å²) in [4.78, 5) is 21.0. The van der Waals surface area contributed by atoms with Crippen LogP contribution in [-0.4, -0.2) is 11.9 Å². The van der Waals surface area contributed by atoms with E-state index in [2.05, 4.69) is 5.32 Å². The maximum absolute atomic E-state index is 11.0. The van der Waals surface area contributed by atoms with Gasteiger partial charge in [0.1, 0.15) is 5.76 Å². The number of rotatable bonds is 5. The summed E-state index contributed by atoms with van der Waals surface area (Å²) >= 11 is 0. The quantitative estimate of drug-likeness (QED) is 0.683. The minimum absolute atomic E-state index is 0.0664. The van der Waals surface area contributed by atoms with Crippen molar-refractivity contribution in [2.45, 2.75) is 19.4 Å². The fourth-order valence-electron chi connectivity index (χ4n) is 0.903. The molecule has 1 amide bonds. The second-order valence-electron chi connectivity index (χ2n) is 2.73. The molecule has 1 heterocycles. The van der Waals surface area contributed by atoms with Crippen molar-refractivity contribution in [3.63, 3.8) is 0 Å².